The summed E-state index contributed by atoms with van der Waals surface area (Å²) in [7, 11) is 0. The molecule has 0 saturated carbocycles. The van der Waals surface area contributed by atoms with Crippen LogP contribution in [0.2, 0.25) is 5.02 Å². The van der Waals surface area contributed by atoms with Gasteiger partial charge in [-0.3, -0.25) is 0 Å². The zero-order chi connectivity index (χ0) is 11.5. The quantitative estimate of drug-likeness (QED) is 0.670. The van der Waals surface area contributed by atoms with Gasteiger partial charge in [0.25, 0.3) is 0 Å². The maximum absolute atomic E-state index is 13.2. The largest absolute Gasteiger partial charge is 0.207 e. The van der Waals surface area contributed by atoms with Gasteiger partial charge in [-0.2, -0.15) is 0 Å². The Hall–Kier alpha value is -1.05. The lowest BCUT2D eigenvalue weighted by Gasteiger charge is -2.09. The molecular weight excluding hydrogens is 246 g/mol. The second kappa shape index (κ2) is 4.86. The highest BCUT2D eigenvalue weighted by Gasteiger charge is 2.08. The van der Waals surface area contributed by atoms with Gasteiger partial charge >= 0.3 is 0 Å². The van der Waals surface area contributed by atoms with Gasteiger partial charge in [0.05, 0.1) is 0 Å². The molecule has 0 aromatic heterocycles. The van der Waals surface area contributed by atoms with Crippen LogP contribution >= 0.6 is 23.2 Å². The van der Waals surface area contributed by atoms with Crippen molar-refractivity contribution in [1.29, 1.82) is 0 Å². The van der Waals surface area contributed by atoms with Crippen LogP contribution in [0, 0.1) is 5.82 Å². The number of hydrogen-bond donors (Lipinski definition) is 0. The molecule has 2 aromatic carbocycles. The van der Waals surface area contributed by atoms with Gasteiger partial charge in [0, 0.05) is 16.5 Å². The fraction of sp³-hybridized carbons (Fsp3) is 0.0769. The molecule has 0 atom stereocenters. The van der Waals surface area contributed by atoms with Crippen molar-refractivity contribution >= 4 is 23.2 Å². The van der Waals surface area contributed by atoms with Crippen molar-refractivity contribution in [1.82, 2.24) is 0 Å². The van der Waals surface area contributed by atoms with E-state index in [4.69, 9.17) is 23.2 Å². The van der Waals surface area contributed by atoms with Crippen molar-refractivity contribution in [2.45, 2.75) is 5.88 Å². The molecule has 0 aliphatic heterocycles. The second-order valence-corrected chi connectivity index (χ2v) is 4.09. The minimum absolute atomic E-state index is 0.288. The molecule has 0 fully saturated rings. The Morgan fingerprint density at radius 3 is 2.44 bits per heavy atom. The third-order valence-corrected chi connectivity index (χ3v) is 3.00. The zero-order valence-corrected chi connectivity index (χ0v) is 9.89. The summed E-state index contributed by atoms with van der Waals surface area (Å²) in [5, 5.41) is 0.597. The summed E-state index contributed by atoms with van der Waals surface area (Å²) in [4.78, 5) is 0. The zero-order valence-electron chi connectivity index (χ0n) is 8.38. The van der Waals surface area contributed by atoms with Crippen LogP contribution in [0.3, 0.4) is 0 Å². The maximum atomic E-state index is 13.2. The summed E-state index contributed by atoms with van der Waals surface area (Å²) in [6.07, 6.45) is 0. The minimum Gasteiger partial charge on any atom is -0.207 e. The van der Waals surface area contributed by atoms with Crippen LogP contribution in [0.1, 0.15) is 5.56 Å². The Morgan fingerprint density at radius 1 is 1.00 bits per heavy atom. The lowest BCUT2D eigenvalue weighted by atomic mass is 10.0. The Labute approximate surface area is 104 Å². The molecule has 0 unspecified atom stereocenters. The number of halogens is 3. The van der Waals surface area contributed by atoms with E-state index in [2.05, 4.69) is 0 Å². The maximum Gasteiger partial charge on any atom is 0.123 e. The molecule has 0 nitrogen and oxygen atoms in total. The molecule has 0 amide bonds. The van der Waals surface area contributed by atoms with Gasteiger partial charge in [-0.25, -0.2) is 4.39 Å². The van der Waals surface area contributed by atoms with E-state index in [9.17, 15) is 4.39 Å². The Morgan fingerprint density at radius 2 is 1.75 bits per heavy atom. The average Bonchev–Trinajstić information content (AvgIpc) is 2.29. The van der Waals surface area contributed by atoms with E-state index in [1.807, 2.05) is 18.2 Å². The summed E-state index contributed by atoms with van der Waals surface area (Å²) in [5.74, 6) is 0.0460. The van der Waals surface area contributed by atoms with E-state index in [-0.39, 0.29) is 5.82 Å². The Balaban J connectivity index is 2.63. The molecule has 0 aliphatic carbocycles. The number of benzene rings is 2. The molecule has 0 spiro atoms. The third-order valence-electron chi connectivity index (χ3n) is 2.38. The highest BCUT2D eigenvalue weighted by molar-refractivity contribution is 6.33. The molecule has 0 N–H and O–H groups in total. The van der Waals surface area contributed by atoms with Crippen molar-refractivity contribution in [3.63, 3.8) is 0 Å². The van der Waals surface area contributed by atoms with E-state index in [0.717, 1.165) is 16.7 Å². The van der Waals surface area contributed by atoms with Gasteiger partial charge in [-0.15, -0.1) is 11.6 Å². The molecular formula is C13H9Cl2F. The Bertz CT molecular complexity index is 509. The predicted octanol–water partition coefficient (Wildman–Crippen LogP) is 4.88. The molecule has 2 rings (SSSR count). The van der Waals surface area contributed by atoms with Crippen molar-refractivity contribution in [3.05, 3.63) is 58.9 Å². The highest BCUT2D eigenvalue weighted by Crippen LogP contribution is 2.31. The summed E-state index contributed by atoms with van der Waals surface area (Å²) in [6.45, 7) is 0. The smallest absolute Gasteiger partial charge is 0.123 e. The van der Waals surface area contributed by atoms with E-state index in [0.29, 0.717) is 10.9 Å². The van der Waals surface area contributed by atoms with E-state index < -0.39 is 0 Å². The minimum atomic E-state index is -0.288. The van der Waals surface area contributed by atoms with Crippen LogP contribution in [-0.4, -0.2) is 0 Å². The number of hydrogen-bond acceptors (Lipinski definition) is 0. The van der Waals surface area contributed by atoms with Crippen LogP contribution in [0.5, 0.6) is 0 Å². The highest BCUT2D eigenvalue weighted by atomic mass is 35.5. The number of rotatable bonds is 2. The fourth-order valence-corrected chi connectivity index (χ4v) is 2.07. The molecule has 16 heavy (non-hydrogen) atoms. The van der Waals surface area contributed by atoms with Crippen LogP contribution in [0.25, 0.3) is 11.1 Å². The first-order chi connectivity index (χ1) is 7.72. The average molecular weight is 255 g/mol. The lowest BCUT2D eigenvalue weighted by Crippen LogP contribution is -1.89. The lowest BCUT2D eigenvalue weighted by molar-refractivity contribution is 0.628. The van der Waals surface area contributed by atoms with Crippen molar-refractivity contribution < 1.29 is 4.39 Å². The van der Waals surface area contributed by atoms with Gasteiger partial charge in [0.2, 0.25) is 0 Å². The van der Waals surface area contributed by atoms with Gasteiger partial charge < -0.3 is 0 Å². The SMILES string of the molecule is Fc1ccc(CCl)c(-c2ccccc2Cl)c1. The molecule has 0 heterocycles. The van der Waals surface area contributed by atoms with E-state index >= 15 is 0 Å². The summed E-state index contributed by atoms with van der Waals surface area (Å²) in [5.41, 5.74) is 2.43. The van der Waals surface area contributed by atoms with Crippen LogP contribution in [0.15, 0.2) is 42.5 Å². The third kappa shape index (κ3) is 2.21. The molecule has 0 aliphatic rings. The van der Waals surface area contributed by atoms with Gasteiger partial charge in [-0.05, 0) is 29.3 Å². The summed E-state index contributed by atoms with van der Waals surface area (Å²) < 4.78 is 13.2. The van der Waals surface area contributed by atoms with Gasteiger partial charge in [-0.1, -0.05) is 35.9 Å². The number of alkyl halides is 1. The topological polar surface area (TPSA) is 0 Å². The van der Waals surface area contributed by atoms with Gasteiger partial charge in [0.1, 0.15) is 5.82 Å². The predicted molar refractivity (Wildman–Crippen MR) is 66.4 cm³/mol. The summed E-state index contributed by atoms with van der Waals surface area (Å²) >= 11 is 11.9. The summed E-state index contributed by atoms with van der Waals surface area (Å²) in [6, 6.07) is 11.9. The monoisotopic (exact) mass is 254 g/mol. The molecule has 3 heteroatoms. The Kier molecular flexibility index (Phi) is 3.47. The normalized spacial score (nSPS) is 10.4. The molecule has 82 valence electrons. The van der Waals surface area contributed by atoms with Crippen LogP contribution < -0.4 is 0 Å². The molecule has 0 saturated heterocycles. The van der Waals surface area contributed by atoms with Crippen molar-refractivity contribution in [2.24, 2.45) is 0 Å². The van der Waals surface area contributed by atoms with E-state index in [1.54, 1.807) is 12.1 Å². The van der Waals surface area contributed by atoms with Gasteiger partial charge in [0.15, 0.2) is 0 Å². The second-order valence-electron chi connectivity index (χ2n) is 3.41. The standard InChI is InChI=1S/C13H9Cl2F/c14-8-9-5-6-10(16)7-12(9)11-3-1-2-4-13(11)15/h1-7H,8H2. The van der Waals surface area contributed by atoms with E-state index in [1.165, 1.54) is 12.1 Å². The van der Waals surface area contributed by atoms with Crippen LogP contribution in [0.4, 0.5) is 4.39 Å². The molecule has 0 radical (unpaired) electrons. The molecule has 0 bridgehead atoms. The first kappa shape index (κ1) is 11.4. The molecule has 2 aromatic rings. The van der Waals surface area contributed by atoms with Crippen molar-refractivity contribution in [2.75, 3.05) is 0 Å². The van der Waals surface area contributed by atoms with Crippen molar-refractivity contribution in [3.8, 4) is 11.1 Å². The first-order valence-corrected chi connectivity index (χ1v) is 5.73. The van der Waals surface area contributed by atoms with Crippen LogP contribution in [-0.2, 0) is 5.88 Å². The fourth-order valence-electron chi connectivity index (χ4n) is 1.60. The first-order valence-electron chi connectivity index (χ1n) is 4.81.